The van der Waals surface area contributed by atoms with Crippen LogP contribution < -0.4 is 5.32 Å². The zero-order valence-electron chi connectivity index (χ0n) is 10.7. The van der Waals surface area contributed by atoms with Gasteiger partial charge in [-0.15, -0.1) is 11.3 Å². The molecule has 0 fully saturated rings. The van der Waals surface area contributed by atoms with E-state index in [2.05, 4.69) is 27.9 Å². The SMILES string of the molecule is O=C(NCCc1ccc(S(=O)(=O)Cl)s1)c1cccc(I)c1. The summed E-state index contributed by atoms with van der Waals surface area (Å²) >= 11 is 3.27. The Morgan fingerprint density at radius 3 is 2.67 bits per heavy atom. The first kappa shape index (κ1) is 16.7. The summed E-state index contributed by atoms with van der Waals surface area (Å²) in [5.74, 6) is -0.143. The Bertz CT molecular complexity index is 758. The molecule has 0 unspecified atom stereocenters. The number of hydrogen-bond donors (Lipinski definition) is 1. The van der Waals surface area contributed by atoms with Crippen LogP contribution in [0.2, 0.25) is 0 Å². The topological polar surface area (TPSA) is 63.2 Å². The molecule has 0 aliphatic heterocycles. The van der Waals surface area contributed by atoms with Crippen molar-refractivity contribution in [3.63, 3.8) is 0 Å². The van der Waals surface area contributed by atoms with Crippen molar-refractivity contribution in [1.29, 1.82) is 0 Å². The monoisotopic (exact) mass is 455 g/mol. The summed E-state index contributed by atoms with van der Waals surface area (Å²) in [5, 5.41) is 2.80. The highest BCUT2D eigenvalue weighted by Crippen LogP contribution is 2.24. The van der Waals surface area contributed by atoms with Crippen molar-refractivity contribution < 1.29 is 13.2 Å². The van der Waals surface area contributed by atoms with E-state index in [1.165, 1.54) is 6.07 Å². The van der Waals surface area contributed by atoms with E-state index in [0.29, 0.717) is 18.5 Å². The van der Waals surface area contributed by atoms with Gasteiger partial charge in [-0.05, 0) is 59.3 Å². The lowest BCUT2D eigenvalue weighted by Crippen LogP contribution is -2.25. The molecule has 0 atom stereocenters. The lowest BCUT2D eigenvalue weighted by atomic mass is 10.2. The Kier molecular flexibility index (Phi) is 5.64. The van der Waals surface area contributed by atoms with Crippen LogP contribution in [0.15, 0.2) is 40.6 Å². The van der Waals surface area contributed by atoms with Crippen LogP contribution in [0.4, 0.5) is 0 Å². The van der Waals surface area contributed by atoms with Gasteiger partial charge in [0.15, 0.2) is 0 Å². The van der Waals surface area contributed by atoms with E-state index >= 15 is 0 Å². The quantitative estimate of drug-likeness (QED) is 0.556. The molecule has 1 aromatic carbocycles. The summed E-state index contributed by atoms with van der Waals surface area (Å²) in [5.41, 5.74) is 0.608. The third kappa shape index (κ3) is 4.94. The number of nitrogens with one attached hydrogen (secondary N) is 1. The lowest BCUT2D eigenvalue weighted by molar-refractivity contribution is 0.0954. The highest BCUT2D eigenvalue weighted by Gasteiger charge is 2.13. The predicted octanol–water partition coefficient (Wildman–Crippen LogP) is 3.25. The summed E-state index contributed by atoms with van der Waals surface area (Å²) in [7, 11) is 1.59. The van der Waals surface area contributed by atoms with E-state index in [1.54, 1.807) is 18.2 Å². The largest absolute Gasteiger partial charge is 0.352 e. The normalized spacial score (nSPS) is 11.3. The fraction of sp³-hybridized carbons (Fsp3) is 0.154. The zero-order valence-corrected chi connectivity index (χ0v) is 15.2. The smallest absolute Gasteiger partial charge is 0.270 e. The second-order valence-electron chi connectivity index (χ2n) is 4.17. The minimum atomic E-state index is -3.67. The van der Waals surface area contributed by atoms with Gasteiger partial charge in [0.2, 0.25) is 0 Å². The summed E-state index contributed by atoms with van der Waals surface area (Å²) in [6.07, 6.45) is 0.562. The van der Waals surface area contributed by atoms with Crippen LogP contribution in [-0.2, 0) is 15.5 Å². The van der Waals surface area contributed by atoms with E-state index in [4.69, 9.17) is 10.7 Å². The molecule has 0 saturated heterocycles. The van der Waals surface area contributed by atoms with Crippen molar-refractivity contribution in [2.75, 3.05) is 6.54 Å². The molecule has 1 N–H and O–H groups in total. The predicted molar refractivity (Wildman–Crippen MR) is 92.6 cm³/mol. The van der Waals surface area contributed by atoms with E-state index in [1.807, 2.05) is 12.1 Å². The number of carbonyl (C=O) groups is 1. The molecule has 21 heavy (non-hydrogen) atoms. The summed E-state index contributed by atoms with van der Waals surface area (Å²) in [6.45, 7) is 0.437. The van der Waals surface area contributed by atoms with Crippen LogP contribution in [-0.4, -0.2) is 20.9 Å². The third-order valence-electron chi connectivity index (χ3n) is 2.62. The van der Waals surface area contributed by atoms with Crippen molar-refractivity contribution in [2.45, 2.75) is 10.6 Å². The van der Waals surface area contributed by atoms with Crippen molar-refractivity contribution >= 4 is 59.6 Å². The van der Waals surface area contributed by atoms with E-state index in [0.717, 1.165) is 19.8 Å². The molecule has 0 aliphatic rings. The minimum absolute atomic E-state index is 0.128. The van der Waals surface area contributed by atoms with Crippen molar-refractivity contribution in [3.8, 4) is 0 Å². The molecule has 4 nitrogen and oxygen atoms in total. The van der Waals surface area contributed by atoms with Gasteiger partial charge in [0.1, 0.15) is 4.21 Å². The molecule has 8 heteroatoms. The van der Waals surface area contributed by atoms with Crippen LogP contribution in [0.25, 0.3) is 0 Å². The fourth-order valence-electron chi connectivity index (χ4n) is 1.65. The standard InChI is InChI=1S/C13H11ClINO3S2/c14-21(18,19)12-5-4-11(20-12)6-7-16-13(17)9-2-1-3-10(15)8-9/h1-5,8H,6-7H2,(H,16,17). The van der Waals surface area contributed by atoms with Gasteiger partial charge in [0.25, 0.3) is 15.0 Å². The van der Waals surface area contributed by atoms with E-state index in [-0.39, 0.29) is 10.1 Å². The molecule has 0 bridgehead atoms. The highest BCUT2D eigenvalue weighted by atomic mass is 127. The first-order valence-corrected chi connectivity index (χ1v) is 10.1. The molecular weight excluding hydrogens is 445 g/mol. The number of halogens is 2. The van der Waals surface area contributed by atoms with Crippen molar-refractivity contribution in [1.82, 2.24) is 5.32 Å². The Hall–Kier alpha value is -0.640. The van der Waals surface area contributed by atoms with Gasteiger partial charge in [-0.25, -0.2) is 8.42 Å². The molecule has 0 spiro atoms. The molecule has 2 aromatic rings. The number of thiophene rings is 1. The molecule has 0 saturated carbocycles. The molecular formula is C13H11ClINO3S2. The molecule has 0 radical (unpaired) electrons. The van der Waals surface area contributed by atoms with Crippen molar-refractivity contribution in [3.05, 3.63) is 50.4 Å². The Labute approximate surface area is 145 Å². The summed E-state index contributed by atoms with van der Waals surface area (Å²) in [6, 6.07) is 10.5. The first-order chi connectivity index (χ1) is 9.86. The molecule has 2 rings (SSSR count). The average Bonchev–Trinajstić information content (AvgIpc) is 2.87. The van der Waals surface area contributed by atoms with Gasteiger partial charge < -0.3 is 5.32 Å². The van der Waals surface area contributed by atoms with E-state index < -0.39 is 9.05 Å². The number of carbonyl (C=O) groups excluding carboxylic acids is 1. The third-order valence-corrected chi connectivity index (χ3v) is 6.53. The number of amides is 1. The molecule has 1 aromatic heterocycles. The van der Waals surface area contributed by atoms with Crippen molar-refractivity contribution in [2.24, 2.45) is 0 Å². The zero-order chi connectivity index (χ0) is 15.5. The van der Waals surface area contributed by atoms with Gasteiger partial charge in [-0.3, -0.25) is 4.79 Å². The summed E-state index contributed by atoms with van der Waals surface area (Å²) < 4.78 is 23.4. The number of hydrogen-bond acceptors (Lipinski definition) is 4. The maximum absolute atomic E-state index is 11.9. The van der Waals surface area contributed by atoms with Crippen LogP contribution in [0.3, 0.4) is 0 Å². The molecule has 1 heterocycles. The van der Waals surface area contributed by atoms with Crippen LogP contribution >= 0.6 is 44.6 Å². The molecule has 0 aliphatic carbocycles. The lowest BCUT2D eigenvalue weighted by Gasteiger charge is -2.04. The average molecular weight is 456 g/mol. The second kappa shape index (κ2) is 7.08. The van der Waals surface area contributed by atoms with Crippen LogP contribution in [0.1, 0.15) is 15.2 Å². The van der Waals surface area contributed by atoms with Gasteiger partial charge in [-0.2, -0.15) is 0 Å². The Morgan fingerprint density at radius 1 is 1.29 bits per heavy atom. The summed E-state index contributed by atoms with van der Waals surface area (Å²) in [4.78, 5) is 12.8. The highest BCUT2D eigenvalue weighted by molar-refractivity contribution is 14.1. The Balaban J connectivity index is 1.90. The van der Waals surface area contributed by atoms with Gasteiger partial charge in [0.05, 0.1) is 0 Å². The Morgan fingerprint density at radius 2 is 2.05 bits per heavy atom. The first-order valence-electron chi connectivity index (χ1n) is 5.93. The van der Waals surface area contributed by atoms with Crippen LogP contribution in [0.5, 0.6) is 0 Å². The number of benzene rings is 1. The maximum atomic E-state index is 11.9. The van der Waals surface area contributed by atoms with Crippen LogP contribution in [0, 0.1) is 3.57 Å². The maximum Gasteiger partial charge on any atom is 0.270 e. The van der Waals surface area contributed by atoms with Gasteiger partial charge in [0, 0.05) is 31.2 Å². The van der Waals surface area contributed by atoms with Gasteiger partial charge >= 0.3 is 0 Å². The molecule has 1 amide bonds. The molecule has 112 valence electrons. The minimum Gasteiger partial charge on any atom is -0.352 e. The second-order valence-corrected chi connectivity index (χ2v) is 9.38. The number of rotatable bonds is 5. The fourth-order valence-corrected chi connectivity index (χ4v) is 4.32. The van der Waals surface area contributed by atoms with Gasteiger partial charge in [-0.1, -0.05) is 6.07 Å². The van der Waals surface area contributed by atoms with E-state index in [9.17, 15) is 13.2 Å².